The molecule has 0 aliphatic carbocycles. The van der Waals surface area contributed by atoms with Gasteiger partial charge < -0.3 is 10.5 Å². The van der Waals surface area contributed by atoms with Crippen molar-refractivity contribution in [1.82, 2.24) is 0 Å². The molecule has 0 aromatic heterocycles. The number of hydrogen-bond acceptors (Lipinski definition) is 4. The van der Waals surface area contributed by atoms with E-state index in [0.29, 0.717) is 11.4 Å². The van der Waals surface area contributed by atoms with Crippen molar-refractivity contribution >= 4 is 9.84 Å². The molecule has 2 aromatic carbocycles. The smallest absolute Gasteiger partial charge is 0.175 e. The van der Waals surface area contributed by atoms with E-state index in [1.54, 1.807) is 19.2 Å². The van der Waals surface area contributed by atoms with E-state index in [1.807, 2.05) is 30.3 Å². The fourth-order valence-corrected chi connectivity index (χ4v) is 2.83. The molecule has 0 aliphatic heterocycles. The predicted molar refractivity (Wildman–Crippen MR) is 84.3 cm³/mol. The highest BCUT2D eigenvalue weighted by atomic mass is 32.2. The molecule has 0 unspecified atom stereocenters. The second kappa shape index (κ2) is 6.28. The van der Waals surface area contributed by atoms with Gasteiger partial charge in [0.25, 0.3) is 0 Å². The zero-order chi connectivity index (χ0) is 15.5. The van der Waals surface area contributed by atoms with Crippen molar-refractivity contribution in [1.29, 1.82) is 0 Å². The van der Waals surface area contributed by atoms with Crippen molar-refractivity contribution in [2.24, 2.45) is 5.73 Å². The van der Waals surface area contributed by atoms with Crippen LogP contribution in [0.1, 0.15) is 5.56 Å². The Balaban J connectivity index is 2.40. The van der Waals surface area contributed by atoms with Crippen molar-refractivity contribution in [2.75, 3.05) is 19.9 Å². The Hall–Kier alpha value is -1.85. The second-order valence-corrected chi connectivity index (χ2v) is 6.88. The van der Waals surface area contributed by atoms with Crippen LogP contribution in [0.4, 0.5) is 0 Å². The molecule has 0 fully saturated rings. The summed E-state index contributed by atoms with van der Waals surface area (Å²) in [5.74, 6) is 0.817. The van der Waals surface area contributed by atoms with Gasteiger partial charge in [-0.3, -0.25) is 0 Å². The van der Waals surface area contributed by atoms with Crippen LogP contribution in [0.2, 0.25) is 0 Å². The molecule has 112 valence electrons. The first kappa shape index (κ1) is 15.5. The summed E-state index contributed by atoms with van der Waals surface area (Å²) in [6.07, 6.45) is 1.94. The summed E-state index contributed by atoms with van der Waals surface area (Å²) < 4.78 is 28.3. The van der Waals surface area contributed by atoms with Crippen LogP contribution in [0.15, 0.2) is 47.4 Å². The van der Waals surface area contributed by atoms with Crippen LogP contribution >= 0.6 is 0 Å². The van der Waals surface area contributed by atoms with Gasteiger partial charge in [0, 0.05) is 6.26 Å². The van der Waals surface area contributed by atoms with Crippen LogP contribution in [0.3, 0.4) is 0 Å². The van der Waals surface area contributed by atoms with Crippen molar-refractivity contribution in [3.8, 4) is 16.9 Å². The third-order valence-electron chi connectivity index (χ3n) is 3.31. The van der Waals surface area contributed by atoms with Gasteiger partial charge in [-0.1, -0.05) is 18.2 Å². The minimum atomic E-state index is -3.17. The monoisotopic (exact) mass is 305 g/mol. The highest BCUT2D eigenvalue weighted by Crippen LogP contribution is 2.27. The molecule has 0 spiro atoms. The van der Waals surface area contributed by atoms with E-state index < -0.39 is 9.84 Å². The normalized spacial score (nSPS) is 11.4. The van der Waals surface area contributed by atoms with Crippen LogP contribution in [-0.4, -0.2) is 28.3 Å². The zero-order valence-electron chi connectivity index (χ0n) is 12.2. The number of rotatable bonds is 5. The summed E-state index contributed by atoms with van der Waals surface area (Å²) in [4.78, 5) is 0.321. The molecule has 5 heteroatoms. The third-order valence-corrected chi connectivity index (χ3v) is 4.44. The number of ether oxygens (including phenoxy) is 1. The van der Waals surface area contributed by atoms with E-state index in [9.17, 15) is 8.42 Å². The van der Waals surface area contributed by atoms with E-state index in [2.05, 4.69) is 0 Å². The first-order chi connectivity index (χ1) is 9.95. The van der Waals surface area contributed by atoms with Crippen LogP contribution in [0.25, 0.3) is 11.1 Å². The van der Waals surface area contributed by atoms with Gasteiger partial charge in [0.15, 0.2) is 9.84 Å². The summed E-state index contributed by atoms with van der Waals surface area (Å²) in [6, 6.07) is 12.8. The lowest BCUT2D eigenvalue weighted by molar-refractivity contribution is 0.410. The molecule has 21 heavy (non-hydrogen) atoms. The zero-order valence-corrected chi connectivity index (χ0v) is 13.0. The minimum absolute atomic E-state index is 0.321. The van der Waals surface area contributed by atoms with Gasteiger partial charge in [0.05, 0.1) is 12.0 Å². The van der Waals surface area contributed by atoms with Crippen molar-refractivity contribution in [3.05, 3.63) is 48.0 Å². The molecular formula is C16H19NO3S. The number of sulfone groups is 1. The highest BCUT2D eigenvalue weighted by Gasteiger charge is 2.08. The predicted octanol–water partition coefficient (Wildman–Crippen LogP) is 2.27. The molecule has 2 aromatic rings. The molecular weight excluding hydrogens is 286 g/mol. The lowest BCUT2D eigenvalue weighted by Gasteiger charge is -2.10. The standard InChI is InChI=1S/C16H19NO3S/c1-20-16-8-5-13(11-14(16)9-10-17)12-3-6-15(7-4-12)21(2,18)19/h3-8,11H,9-10,17H2,1-2H3. The fraction of sp³-hybridized carbons (Fsp3) is 0.250. The lowest BCUT2D eigenvalue weighted by atomic mass is 10.0. The quantitative estimate of drug-likeness (QED) is 0.920. The Bertz CT molecular complexity index is 722. The summed E-state index contributed by atoms with van der Waals surface area (Å²) in [5.41, 5.74) is 8.64. The second-order valence-electron chi connectivity index (χ2n) is 4.86. The number of benzene rings is 2. The molecule has 0 heterocycles. The van der Waals surface area contributed by atoms with E-state index >= 15 is 0 Å². The SMILES string of the molecule is COc1ccc(-c2ccc(S(C)(=O)=O)cc2)cc1CCN. The molecule has 0 atom stereocenters. The molecule has 0 aliphatic rings. The van der Waals surface area contributed by atoms with Crippen LogP contribution in [0.5, 0.6) is 5.75 Å². The van der Waals surface area contributed by atoms with Gasteiger partial charge in [0.2, 0.25) is 0 Å². The lowest BCUT2D eigenvalue weighted by Crippen LogP contribution is -2.04. The van der Waals surface area contributed by atoms with Gasteiger partial charge in [-0.05, 0) is 53.9 Å². The largest absolute Gasteiger partial charge is 0.496 e. The average molecular weight is 305 g/mol. The fourth-order valence-electron chi connectivity index (χ4n) is 2.20. The average Bonchev–Trinajstić information content (AvgIpc) is 2.47. The third kappa shape index (κ3) is 3.62. The molecule has 0 saturated heterocycles. The van der Waals surface area contributed by atoms with Gasteiger partial charge in [0.1, 0.15) is 5.75 Å². The Morgan fingerprint density at radius 2 is 1.67 bits per heavy atom. The van der Waals surface area contributed by atoms with Crippen molar-refractivity contribution < 1.29 is 13.2 Å². The van der Waals surface area contributed by atoms with Crippen molar-refractivity contribution in [3.63, 3.8) is 0 Å². The van der Waals surface area contributed by atoms with Gasteiger partial charge >= 0.3 is 0 Å². The summed E-state index contributed by atoms with van der Waals surface area (Å²) in [5, 5.41) is 0. The summed E-state index contributed by atoms with van der Waals surface area (Å²) in [7, 11) is -1.53. The Kier molecular flexibility index (Phi) is 4.65. The van der Waals surface area contributed by atoms with E-state index in [4.69, 9.17) is 10.5 Å². The van der Waals surface area contributed by atoms with Crippen LogP contribution in [0, 0.1) is 0 Å². The molecule has 2 rings (SSSR count). The summed E-state index contributed by atoms with van der Waals surface area (Å²) in [6.45, 7) is 0.548. The first-order valence-electron chi connectivity index (χ1n) is 6.63. The molecule has 0 radical (unpaired) electrons. The Labute approximate surface area is 125 Å². The minimum Gasteiger partial charge on any atom is -0.496 e. The van der Waals surface area contributed by atoms with Gasteiger partial charge in [-0.25, -0.2) is 8.42 Å². The maximum absolute atomic E-state index is 11.5. The maximum atomic E-state index is 11.5. The molecule has 4 nitrogen and oxygen atoms in total. The van der Waals surface area contributed by atoms with Crippen LogP contribution < -0.4 is 10.5 Å². The summed E-state index contributed by atoms with van der Waals surface area (Å²) >= 11 is 0. The van der Waals surface area contributed by atoms with E-state index in [1.165, 1.54) is 6.26 Å². The Morgan fingerprint density at radius 3 is 2.19 bits per heavy atom. The maximum Gasteiger partial charge on any atom is 0.175 e. The highest BCUT2D eigenvalue weighted by molar-refractivity contribution is 7.90. The number of hydrogen-bond donors (Lipinski definition) is 1. The van der Waals surface area contributed by atoms with Crippen molar-refractivity contribution in [2.45, 2.75) is 11.3 Å². The Morgan fingerprint density at radius 1 is 1.05 bits per heavy atom. The first-order valence-corrected chi connectivity index (χ1v) is 8.52. The van der Waals surface area contributed by atoms with Gasteiger partial charge in [-0.15, -0.1) is 0 Å². The van der Waals surface area contributed by atoms with Gasteiger partial charge in [-0.2, -0.15) is 0 Å². The van der Waals surface area contributed by atoms with E-state index in [0.717, 1.165) is 28.9 Å². The number of methoxy groups -OCH3 is 1. The molecule has 0 bridgehead atoms. The molecule has 2 N–H and O–H groups in total. The van der Waals surface area contributed by atoms with Crippen LogP contribution in [-0.2, 0) is 16.3 Å². The topological polar surface area (TPSA) is 69.4 Å². The van der Waals surface area contributed by atoms with E-state index in [-0.39, 0.29) is 0 Å². The molecule has 0 amide bonds. The number of nitrogens with two attached hydrogens (primary N) is 1. The molecule has 0 saturated carbocycles.